The van der Waals surface area contributed by atoms with Gasteiger partial charge in [-0.25, -0.2) is 0 Å². The third-order valence-electron chi connectivity index (χ3n) is 2.63. The van der Waals surface area contributed by atoms with Crippen molar-refractivity contribution in [1.82, 2.24) is 0 Å². The molecule has 0 bridgehead atoms. The van der Waals surface area contributed by atoms with Gasteiger partial charge >= 0.3 is 0 Å². The van der Waals surface area contributed by atoms with Gasteiger partial charge in [-0.05, 0) is 24.6 Å². The molecule has 1 saturated heterocycles. The second-order valence-corrected chi connectivity index (χ2v) is 4.28. The molecule has 0 radical (unpaired) electrons. The predicted octanol–water partition coefficient (Wildman–Crippen LogP) is 2.01. The monoisotopic (exact) mass is 241 g/mol. The lowest BCUT2D eigenvalue weighted by molar-refractivity contribution is 0.140. The lowest BCUT2D eigenvalue weighted by atomic mass is 10.1. The summed E-state index contributed by atoms with van der Waals surface area (Å²) in [7, 11) is 0. The summed E-state index contributed by atoms with van der Waals surface area (Å²) in [6, 6.07) is 5.77. The Labute approximate surface area is 100 Å². The molecule has 1 fully saturated rings. The maximum atomic E-state index is 6.14. The minimum Gasteiger partial charge on any atom is -0.486 e. The molecule has 0 aliphatic carbocycles. The highest BCUT2D eigenvalue weighted by atomic mass is 35.5. The van der Waals surface area contributed by atoms with Crippen LogP contribution in [0, 0.1) is 0 Å². The van der Waals surface area contributed by atoms with E-state index in [-0.39, 0.29) is 6.10 Å². The maximum Gasteiger partial charge on any atom is 0.141 e. The number of benzene rings is 1. The number of rotatable bonds is 4. The van der Waals surface area contributed by atoms with Crippen LogP contribution >= 0.6 is 11.6 Å². The summed E-state index contributed by atoms with van der Waals surface area (Å²) in [5.41, 5.74) is 6.64. The van der Waals surface area contributed by atoms with Crippen LogP contribution in [0.2, 0.25) is 5.02 Å². The van der Waals surface area contributed by atoms with E-state index in [4.69, 9.17) is 26.8 Å². The minimum atomic E-state index is 0.122. The summed E-state index contributed by atoms with van der Waals surface area (Å²) in [6.45, 7) is 2.01. The minimum absolute atomic E-state index is 0.122. The van der Waals surface area contributed by atoms with Gasteiger partial charge in [-0.3, -0.25) is 0 Å². The van der Waals surface area contributed by atoms with Crippen LogP contribution in [-0.2, 0) is 11.2 Å². The van der Waals surface area contributed by atoms with Gasteiger partial charge in [0, 0.05) is 6.42 Å². The predicted molar refractivity (Wildman–Crippen MR) is 64.1 cm³/mol. The molecule has 1 aromatic carbocycles. The molecule has 88 valence electrons. The largest absolute Gasteiger partial charge is 0.486 e. The molecule has 1 atom stereocenters. The fourth-order valence-electron chi connectivity index (χ4n) is 1.81. The molecule has 1 heterocycles. The van der Waals surface area contributed by atoms with E-state index in [1.54, 1.807) is 0 Å². The van der Waals surface area contributed by atoms with Crippen molar-refractivity contribution >= 4 is 11.6 Å². The van der Waals surface area contributed by atoms with E-state index >= 15 is 0 Å². The van der Waals surface area contributed by atoms with Crippen molar-refractivity contribution < 1.29 is 9.47 Å². The Balaban J connectivity index is 2.16. The second kappa shape index (κ2) is 5.53. The van der Waals surface area contributed by atoms with E-state index in [0.717, 1.165) is 30.8 Å². The van der Waals surface area contributed by atoms with E-state index in [2.05, 4.69) is 0 Å². The Morgan fingerprint density at radius 1 is 1.50 bits per heavy atom. The van der Waals surface area contributed by atoms with Crippen molar-refractivity contribution in [2.75, 3.05) is 19.8 Å². The quantitative estimate of drug-likeness (QED) is 0.877. The van der Waals surface area contributed by atoms with Crippen LogP contribution in [0.5, 0.6) is 5.75 Å². The van der Waals surface area contributed by atoms with Crippen molar-refractivity contribution in [3.63, 3.8) is 0 Å². The Bertz CT molecular complexity index is 351. The highest BCUT2D eigenvalue weighted by Gasteiger charge is 2.19. The Hall–Kier alpha value is -0.770. The average molecular weight is 242 g/mol. The first-order valence-electron chi connectivity index (χ1n) is 5.53. The number of halogens is 1. The lowest BCUT2D eigenvalue weighted by Crippen LogP contribution is -2.17. The van der Waals surface area contributed by atoms with Gasteiger partial charge in [-0.15, -0.1) is 0 Å². The van der Waals surface area contributed by atoms with Crippen molar-refractivity contribution in [3.8, 4) is 5.75 Å². The number of nitrogens with two attached hydrogens (primary N) is 1. The van der Waals surface area contributed by atoms with Crippen LogP contribution in [0.3, 0.4) is 0 Å². The molecule has 1 aromatic rings. The van der Waals surface area contributed by atoms with Crippen LogP contribution < -0.4 is 10.5 Å². The summed E-state index contributed by atoms with van der Waals surface area (Å²) in [4.78, 5) is 0. The molecule has 4 heteroatoms. The Morgan fingerprint density at radius 3 is 3.06 bits per heavy atom. The summed E-state index contributed by atoms with van der Waals surface area (Å²) >= 11 is 6.14. The third kappa shape index (κ3) is 2.67. The first kappa shape index (κ1) is 11.7. The number of hydrogen-bond donors (Lipinski definition) is 1. The lowest BCUT2D eigenvalue weighted by Gasteiger charge is -2.16. The van der Waals surface area contributed by atoms with Crippen molar-refractivity contribution in [2.24, 2.45) is 5.73 Å². The number of para-hydroxylation sites is 1. The summed E-state index contributed by atoms with van der Waals surface area (Å²) in [5, 5.41) is 0.651. The molecule has 0 amide bonds. The van der Waals surface area contributed by atoms with Crippen LogP contribution in [0.1, 0.15) is 12.0 Å². The van der Waals surface area contributed by atoms with E-state index < -0.39 is 0 Å². The summed E-state index contributed by atoms with van der Waals surface area (Å²) in [6.07, 6.45) is 1.83. The highest BCUT2D eigenvalue weighted by molar-refractivity contribution is 6.32. The molecule has 3 nitrogen and oxygen atoms in total. The van der Waals surface area contributed by atoms with Gasteiger partial charge in [-0.2, -0.15) is 0 Å². The third-order valence-corrected chi connectivity index (χ3v) is 2.93. The second-order valence-electron chi connectivity index (χ2n) is 3.87. The molecule has 1 unspecified atom stereocenters. The van der Waals surface area contributed by atoms with E-state index in [9.17, 15) is 0 Å². The first-order chi connectivity index (χ1) is 7.81. The van der Waals surface area contributed by atoms with E-state index in [0.29, 0.717) is 18.2 Å². The Morgan fingerprint density at radius 2 is 2.38 bits per heavy atom. The van der Waals surface area contributed by atoms with Crippen LogP contribution in [0.15, 0.2) is 18.2 Å². The van der Waals surface area contributed by atoms with Gasteiger partial charge in [-0.1, -0.05) is 23.7 Å². The smallest absolute Gasteiger partial charge is 0.141 e. The molecular formula is C12H16ClNO2. The van der Waals surface area contributed by atoms with Gasteiger partial charge in [0.05, 0.1) is 18.2 Å². The van der Waals surface area contributed by atoms with Crippen LogP contribution in [0.4, 0.5) is 0 Å². The van der Waals surface area contributed by atoms with Gasteiger partial charge in [0.25, 0.3) is 0 Å². The standard InChI is InChI=1S/C12H16ClNO2/c13-11-3-1-2-9(4-6-14)12(11)16-10-5-7-15-8-10/h1-3,10H,4-8,14H2. The topological polar surface area (TPSA) is 44.5 Å². The molecule has 1 aliphatic heterocycles. The maximum absolute atomic E-state index is 6.14. The molecule has 2 N–H and O–H groups in total. The zero-order valence-corrected chi connectivity index (χ0v) is 9.87. The van der Waals surface area contributed by atoms with Gasteiger partial charge < -0.3 is 15.2 Å². The van der Waals surface area contributed by atoms with Crippen LogP contribution in [-0.4, -0.2) is 25.9 Å². The van der Waals surface area contributed by atoms with Crippen molar-refractivity contribution in [1.29, 1.82) is 0 Å². The molecule has 1 aliphatic rings. The van der Waals surface area contributed by atoms with E-state index in [1.807, 2.05) is 18.2 Å². The van der Waals surface area contributed by atoms with E-state index in [1.165, 1.54) is 0 Å². The highest BCUT2D eigenvalue weighted by Crippen LogP contribution is 2.30. The average Bonchev–Trinajstić information content (AvgIpc) is 2.76. The SMILES string of the molecule is NCCc1cccc(Cl)c1OC1CCOC1. The van der Waals surface area contributed by atoms with Gasteiger partial charge in [0.2, 0.25) is 0 Å². The zero-order valence-electron chi connectivity index (χ0n) is 9.12. The molecule has 0 aromatic heterocycles. The molecular weight excluding hydrogens is 226 g/mol. The Kier molecular flexibility index (Phi) is 4.04. The molecule has 16 heavy (non-hydrogen) atoms. The zero-order chi connectivity index (χ0) is 11.4. The summed E-state index contributed by atoms with van der Waals surface area (Å²) < 4.78 is 11.2. The normalized spacial score (nSPS) is 20.0. The molecule has 0 saturated carbocycles. The van der Waals surface area contributed by atoms with Gasteiger partial charge in [0.1, 0.15) is 11.9 Å². The van der Waals surface area contributed by atoms with Crippen molar-refractivity contribution in [3.05, 3.63) is 28.8 Å². The van der Waals surface area contributed by atoms with Gasteiger partial charge in [0.15, 0.2) is 0 Å². The fourth-order valence-corrected chi connectivity index (χ4v) is 2.05. The molecule has 0 spiro atoms. The van der Waals surface area contributed by atoms with Crippen molar-refractivity contribution in [2.45, 2.75) is 18.9 Å². The number of hydrogen-bond acceptors (Lipinski definition) is 3. The summed E-state index contributed by atoms with van der Waals surface area (Å²) in [5.74, 6) is 0.769. The fraction of sp³-hybridized carbons (Fsp3) is 0.500. The van der Waals surface area contributed by atoms with Crippen LogP contribution in [0.25, 0.3) is 0 Å². The number of ether oxygens (including phenoxy) is 2. The molecule has 2 rings (SSSR count). The first-order valence-corrected chi connectivity index (χ1v) is 5.91.